The van der Waals surface area contributed by atoms with Crippen molar-refractivity contribution in [1.82, 2.24) is 4.98 Å². The van der Waals surface area contributed by atoms with E-state index in [1.165, 1.54) is 5.56 Å². The fourth-order valence-corrected chi connectivity index (χ4v) is 2.52. The smallest absolute Gasteiger partial charge is 0.230 e. The van der Waals surface area contributed by atoms with Crippen LogP contribution in [0.3, 0.4) is 0 Å². The summed E-state index contributed by atoms with van der Waals surface area (Å²) >= 11 is 0. The highest BCUT2D eigenvalue weighted by Crippen LogP contribution is 2.25. The second-order valence-corrected chi connectivity index (χ2v) is 4.84. The highest BCUT2D eigenvalue weighted by Gasteiger charge is 2.18. The summed E-state index contributed by atoms with van der Waals surface area (Å²) in [6.45, 7) is 4.11. The molecule has 0 amide bonds. The molecule has 3 heteroatoms. The molecule has 20 heavy (non-hydrogen) atoms. The number of para-hydroxylation sites is 1. The maximum absolute atomic E-state index is 12.5. The molecule has 0 bridgehead atoms. The van der Waals surface area contributed by atoms with Gasteiger partial charge in [-0.25, -0.2) is 0 Å². The number of hydrogen-bond donors (Lipinski definition) is 1. The van der Waals surface area contributed by atoms with Crippen molar-refractivity contribution in [3.05, 3.63) is 59.2 Å². The Morgan fingerprint density at radius 3 is 2.70 bits per heavy atom. The number of benzene rings is 1. The topological polar surface area (TPSA) is 46.0 Å². The van der Waals surface area contributed by atoms with Gasteiger partial charge in [-0.05, 0) is 24.1 Å². The summed E-state index contributed by atoms with van der Waals surface area (Å²) in [7, 11) is 0. The van der Waals surface area contributed by atoms with Crippen LogP contribution >= 0.6 is 0 Å². The molecule has 0 aliphatic rings. The number of ketones is 1. The first-order chi connectivity index (χ1) is 9.74. The number of aromatic amines is 1. The molecular weight excluding hydrogens is 250 g/mol. The lowest BCUT2D eigenvalue weighted by Crippen LogP contribution is -1.98. The fraction of sp³-hybridized carbons (Fsp3) is 0.235. The number of carbonyl (C=O) groups excluding carboxylic acids is 1. The second kappa shape index (κ2) is 5.00. The molecule has 0 fully saturated rings. The molecule has 102 valence electrons. The van der Waals surface area contributed by atoms with Gasteiger partial charge in [0.25, 0.3) is 0 Å². The molecule has 0 saturated heterocycles. The maximum Gasteiger partial charge on any atom is 0.230 e. The Kier molecular flexibility index (Phi) is 3.18. The Bertz CT molecular complexity index is 764. The van der Waals surface area contributed by atoms with Gasteiger partial charge in [0, 0.05) is 23.5 Å². The third-order valence-electron chi connectivity index (χ3n) is 3.66. The van der Waals surface area contributed by atoms with Crippen LogP contribution in [0.2, 0.25) is 0 Å². The van der Waals surface area contributed by atoms with Crippen LogP contribution in [0.25, 0.3) is 10.9 Å². The molecule has 1 aromatic carbocycles. The van der Waals surface area contributed by atoms with Crippen molar-refractivity contribution in [2.45, 2.75) is 26.7 Å². The van der Waals surface area contributed by atoms with Gasteiger partial charge in [-0.1, -0.05) is 32.0 Å². The molecule has 0 saturated carbocycles. The number of aryl methyl sites for hydroxylation is 2. The van der Waals surface area contributed by atoms with Gasteiger partial charge in [-0.15, -0.1) is 0 Å². The van der Waals surface area contributed by atoms with E-state index in [9.17, 15) is 4.79 Å². The highest BCUT2D eigenvalue weighted by molar-refractivity contribution is 6.15. The molecule has 0 spiro atoms. The van der Waals surface area contributed by atoms with Crippen LogP contribution in [0.1, 0.15) is 41.3 Å². The van der Waals surface area contributed by atoms with E-state index in [1.807, 2.05) is 25.1 Å². The lowest BCUT2D eigenvalue weighted by atomic mass is 10.0. The molecule has 0 atom stereocenters. The largest absolute Gasteiger partial charge is 0.458 e. The molecule has 3 nitrogen and oxygen atoms in total. The molecule has 0 radical (unpaired) electrons. The van der Waals surface area contributed by atoms with Gasteiger partial charge in [0.2, 0.25) is 5.78 Å². The third kappa shape index (κ3) is 1.95. The van der Waals surface area contributed by atoms with Crippen molar-refractivity contribution in [1.29, 1.82) is 0 Å². The monoisotopic (exact) mass is 267 g/mol. The number of aromatic nitrogens is 1. The van der Waals surface area contributed by atoms with Crippen LogP contribution in [0, 0.1) is 0 Å². The molecule has 0 aliphatic carbocycles. The zero-order valence-corrected chi connectivity index (χ0v) is 11.7. The van der Waals surface area contributed by atoms with Crippen LogP contribution in [0.4, 0.5) is 0 Å². The van der Waals surface area contributed by atoms with Crippen molar-refractivity contribution in [2.24, 2.45) is 0 Å². The van der Waals surface area contributed by atoms with Gasteiger partial charge in [0.05, 0.1) is 5.56 Å². The minimum absolute atomic E-state index is 0.0656. The molecule has 0 aliphatic heterocycles. The summed E-state index contributed by atoms with van der Waals surface area (Å²) in [4.78, 5) is 15.8. The van der Waals surface area contributed by atoms with Gasteiger partial charge < -0.3 is 9.40 Å². The number of H-pyrrole nitrogens is 1. The quantitative estimate of drug-likeness (QED) is 0.723. The number of fused-ring (bicyclic) bond motifs is 1. The van der Waals surface area contributed by atoms with Crippen molar-refractivity contribution in [3.63, 3.8) is 0 Å². The van der Waals surface area contributed by atoms with E-state index in [0.29, 0.717) is 11.3 Å². The number of carbonyl (C=O) groups is 1. The van der Waals surface area contributed by atoms with E-state index >= 15 is 0 Å². The van der Waals surface area contributed by atoms with Crippen molar-refractivity contribution in [2.75, 3.05) is 0 Å². The first-order valence-electron chi connectivity index (χ1n) is 6.97. The first-order valence-corrected chi connectivity index (χ1v) is 6.97. The molecular formula is C17H17NO2. The molecule has 1 N–H and O–H groups in total. The average molecular weight is 267 g/mol. The fourth-order valence-electron chi connectivity index (χ4n) is 2.52. The van der Waals surface area contributed by atoms with Crippen LogP contribution in [0.5, 0.6) is 0 Å². The number of rotatable bonds is 4. The van der Waals surface area contributed by atoms with Crippen LogP contribution in [0.15, 0.2) is 40.9 Å². The summed E-state index contributed by atoms with van der Waals surface area (Å²) in [6.07, 6.45) is 3.51. The second-order valence-electron chi connectivity index (χ2n) is 4.84. The average Bonchev–Trinajstić information content (AvgIpc) is 3.12. The van der Waals surface area contributed by atoms with E-state index in [2.05, 4.69) is 18.0 Å². The summed E-state index contributed by atoms with van der Waals surface area (Å²) in [5.41, 5.74) is 2.93. The summed E-state index contributed by atoms with van der Waals surface area (Å²) in [6, 6.07) is 9.66. The summed E-state index contributed by atoms with van der Waals surface area (Å²) in [5.74, 6) is 1.18. The van der Waals surface area contributed by atoms with Gasteiger partial charge >= 0.3 is 0 Å². The normalized spacial score (nSPS) is 11.1. The minimum atomic E-state index is -0.0656. The van der Waals surface area contributed by atoms with E-state index in [4.69, 9.17) is 4.42 Å². The molecule has 3 rings (SSSR count). The Hall–Kier alpha value is -2.29. The minimum Gasteiger partial charge on any atom is -0.458 e. The Labute approximate surface area is 117 Å². The number of furan rings is 1. The Morgan fingerprint density at radius 1 is 1.15 bits per heavy atom. The van der Waals surface area contributed by atoms with E-state index < -0.39 is 0 Å². The van der Waals surface area contributed by atoms with Gasteiger partial charge in [-0.3, -0.25) is 4.79 Å². The lowest BCUT2D eigenvalue weighted by molar-refractivity contribution is 0.101. The first kappa shape index (κ1) is 12.7. The molecule has 2 heterocycles. The van der Waals surface area contributed by atoms with Gasteiger partial charge in [0.15, 0.2) is 5.76 Å². The standard InChI is InChI=1S/C17H17NO2/c1-3-11-6-5-7-13-14(10-18-16(11)13)17(19)15-9-8-12(4-2)20-15/h5-10,18H,3-4H2,1-2H3. The summed E-state index contributed by atoms with van der Waals surface area (Å²) in [5, 5.41) is 0.962. The molecule has 2 aromatic heterocycles. The zero-order chi connectivity index (χ0) is 14.1. The van der Waals surface area contributed by atoms with Crippen molar-refractivity contribution < 1.29 is 9.21 Å². The summed E-state index contributed by atoms with van der Waals surface area (Å²) < 4.78 is 5.56. The predicted octanol–water partition coefficient (Wildman–Crippen LogP) is 4.12. The zero-order valence-electron chi connectivity index (χ0n) is 11.7. The Morgan fingerprint density at radius 2 is 2.00 bits per heavy atom. The van der Waals surface area contributed by atoms with Crippen LogP contribution in [-0.2, 0) is 12.8 Å². The predicted molar refractivity (Wildman–Crippen MR) is 79.2 cm³/mol. The van der Waals surface area contributed by atoms with E-state index in [-0.39, 0.29) is 5.78 Å². The SMILES string of the molecule is CCc1ccc(C(=O)c2c[nH]c3c(CC)cccc23)o1. The Balaban J connectivity index is 2.08. The maximum atomic E-state index is 12.5. The molecule has 0 unspecified atom stereocenters. The lowest BCUT2D eigenvalue weighted by Gasteiger charge is -2.00. The number of hydrogen-bond acceptors (Lipinski definition) is 2. The third-order valence-corrected chi connectivity index (χ3v) is 3.66. The van der Waals surface area contributed by atoms with Crippen LogP contribution in [-0.4, -0.2) is 10.8 Å². The van der Waals surface area contributed by atoms with E-state index in [0.717, 1.165) is 29.5 Å². The van der Waals surface area contributed by atoms with Crippen molar-refractivity contribution >= 4 is 16.7 Å². The van der Waals surface area contributed by atoms with Gasteiger partial charge in [0.1, 0.15) is 5.76 Å². The van der Waals surface area contributed by atoms with Gasteiger partial charge in [-0.2, -0.15) is 0 Å². The molecule has 3 aromatic rings. The highest BCUT2D eigenvalue weighted by atomic mass is 16.3. The number of nitrogens with one attached hydrogen (secondary N) is 1. The van der Waals surface area contributed by atoms with Crippen molar-refractivity contribution in [3.8, 4) is 0 Å². The van der Waals surface area contributed by atoms with E-state index in [1.54, 1.807) is 12.3 Å². The van der Waals surface area contributed by atoms with Crippen LogP contribution < -0.4 is 0 Å².